The molecule has 0 spiro atoms. The predicted octanol–water partition coefficient (Wildman–Crippen LogP) is 3.42. The van der Waals surface area contributed by atoms with Gasteiger partial charge in [0, 0.05) is 0 Å². The number of hydrogen-bond acceptors (Lipinski definition) is 0. The van der Waals surface area contributed by atoms with Gasteiger partial charge in [0.2, 0.25) is 0 Å². The van der Waals surface area contributed by atoms with Crippen molar-refractivity contribution in [1.29, 1.82) is 0 Å². The molecule has 12 heavy (non-hydrogen) atoms. The molecule has 0 amide bonds. The Morgan fingerprint density at radius 3 is 1.92 bits per heavy atom. The van der Waals surface area contributed by atoms with Crippen LogP contribution in [0.3, 0.4) is 0 Å². The van der Waals surface area contributed by atoms with Crippen LogP contribution in [0.5, 0.6) is 0 Å². The Labute approximate surface area is 74.5 Å². The van der Waals surface area contributed by atoms with Crippen LogP contribution in [-0.2, 0) is 0 Å². The van der Waals surface area contributed by atoms with Gasteiger partial charge < -0.3 is 0 Å². The highest BCUT2D eigenvalue weighted by Crippen LogP contribution is 2.66. The minimum Gasteiger partial charge on any atom is -0.244 e. The normalized spacial score (nSPS) is 52.2. The molecule has 2 aliphatic rings. The Hall–Kier alpha value is -0.0700. The molecule has 0 heterocycles. The minimum absolute atomic E-state index is 0.392. The number of hydrogen-bond donors (Lipinski definition) is 0. The summed E-state index contributed by atoms with van der Waals surface area (Å²) in [6.45, 7) is 8.61. The van der Waals surface area contributed by atoms with Gasteiger partial charge in [-0.2, -0.15) is 0 Å². The summed E-state index contributed by atoms with van der Waals surface area (Å²) in [5, 5.41) is 0. The highest BCUT2D eigenvalue weighted by Gasteiger charge is 2.67. The van der Waals surface area contributed by atoms with Gasteiger partial charge in [-0.1, -0.05) is 20.8 Å². The van der Waals surface area contributed by atoms with Crippen molar-refractivity contribution >= 4 is 0 Å². The minimum atomic E-state index is -0.790. The Kier molecular flexibility index (Phi) is 1.46. The maximum Gasteiger partial charge on any atom is 0.114 e. The van der Waals surface area contributed by atoms with E-state index in [0.29, 0.717) is 17.3 Å². The zero-order valence-electron chi connectivity index (χ0n) is 8.52. The Bertz CT molecular complexity index is 186. The Balaban J connectivity index is 1.99. The molecule has 0 aromatic rings. The molecule has 0 aromatic carbocycles. The number of alkyl halides is 1. The van der Waals surface area contributed by atoms with Crippen molar-refractivity contribution in [2.75, 3.05) is 0 Å². The van der Waals surface area contributed by atoms with Gasteiger partial charge in [0.25, 0.3) is 0 Å². The molecule has 0 aromatic heterocycles. The lowest BCUT2D eigenvalue weighted by Crippen LogP contribution is -2.22. The Morgan fingerprint density at radius 1 is 1.17 bits per heavy atom. The van der Waals surface area contributed by atoms with Crippen LogP contribution in [0, 0.1) is 23.2 Å². The molecule has 2 saturated carbocycles. The van der Waals surface area contributed by atoms with Gasteiger partial charge in [0.1, 0.15) is 5.67 Å². The van der Waals surface area contributed by atoms with E-state index in [9.17, 15) is 4.39 Å². The van der Waals surface area contributed by atoms with Crippen LogP contribution in [0.1, 0.15) is 40.5 Å². The third kappa shape index (κ3) is 1.02. The summed E-state index contributed by atoms with van der Waals surface area (Å²) in [4.78, 5) is 0. The molecule has 0 bridgehead atoms. The first-order valence-corrected chi connectivity index (χ1v) is 5.02. The van der Waals surface area contributed by atoms with Gasteiger partial charge in [-0.05, 0) is 42.9 Å². The van der Waals surface area contributed by atoms with Crippen molar-refractivity contribution in [1.82, 2.24) is 0 Å². The third-order valence-electron chi connectivity index (χ3n) is 4.13. The van der Waals surface area contributed by atoms with E-state index in [0.717, 1.165) is 18.8 Å². The highest BCUT2D eigenvalue weighted by atomic mass is 19.1. The largest absolute Gasteiger partial charge is 0.244 e. The number of fused-ring (bicyclic) bond motifs is 1. The zero-order chi connectivity index (χ0) is 9.15. The van der Waals surface area contributed by atoms with E-state index in [1.807, 2.05) is 0 Å². The first-order chi connectivity index (χ1) is 5.33. The fourth-order valence-corrected chi connectivity index (χ4v) is 2.86. The third-order valence-corrected chi connectivity index (χ3v) is 4.13. The van der Waals surface area contributed by atoms with Crippen molar-refractivity contribution < 1.29 is 4.39 Å². The molecule has 0 nitrogen and oxygen atoms in total. The van der Waals surface area contributed by atoms with Crippen molar-refractivity contribution in [3.8, 4) is 0 Å². The van der Waals surface area contributed by atoms with Crippen LogP contribution < -0.4 is 0 Å². The molecule has 2 aliphatic carbocycles. The number of rotatable bonds is 0. The lowest BCUT2D eigenvalue weighted by molar-refractivity contribution is 0.171. The van der Waals surface area contributed by atoms with Crippen LogP contribution in [0.15, 0.2) is 0 Å². The van der Waals surface area contributed by atoms with E-state index in [4.69, 9.17) is 0 Å². The van der Waals surface area contributed by atoms with E-state index in [-0.39, 0.29) is 0 Å². The van der Waals surface area contributed by atoms with Gasteiger partial charge in [-0.15, -0.1) is 0 Å². The second-order valence-corrected chi connectivity index (χ2v) is 5.90. The number of halogens is 1. The van der Waals surface area contributed by atoms with E-state index in [1.54, 1.807) is 6.92 Å². The average Bonchev–Trinajstić information content (AvgIpc) is 2.31. The summed E-state index contributed by atoms with van der Waals surface area (Å²) >= 11 is 0. The Morgan fingerprint density at radius 2 is 1.58 bits per heavy atom. The fraction of sp³-hybridized carbons (Fsp3) is 1.00. The maximum atomic E-state index is 13.5. The molecule has 2 rings (SSSR count). The zero-order valence-corrected chi connectivity index (χ0v) is 8.52. The summed E-state index contributed by atoms with van der Waals surface area (Å²) in [6.07, 6.45) is 2.25. The summed E-state index contributed by atoms with van der Waals surface area (Å²) in [6, 6.07) is 0. The fourth-order valence-electron chi connectivity index (χ4n) is 2.86. The molecule has 4 atom stereocenters. The van der Waals surface area contributed by atoms with Crippen LogP contribution in [0.25, 0.3) is 0 Å². The molecule has 0 radical (unpaired) electrons. The molecule has 0 aliphatic heterocycles. The van der Waals surface area contributed by atoms with Crippen molar-refractivity contribution in [2.45, 2.75) is 46.2 Å². The second kappa shape index (κ2) is 2.05. The second-order valence-electron chi connectivity index (χ2n) is 5.90. The predicted molar refractivity (Wildman–Crippen MR) is 48.7 cm³/mol. The first-order valence-electron chi connectivity index (χ1n) is 5.02. The van der Waals surface area contributed by atoms with E-state index in [1.165, 1.54) is 0 Å². The van der Waals surface area contributed by atoms with Gasteiger partial charge in [0.15, 0.2) is 0 Å². The molecular weight excluding hydrogens is 151 g/mol. The van der Waals surface area contributed by atoms with Crippen molar-refractivity contribution in [3.05, 3.63) is 0 Å². The lowest BCUT2D eigenvalue weighted by Gasteiger charge is -2.29. The highest BCUT2D eigenvalue weighted by molar-refractivity contribution is 5.15. The quantitative estimate of drug-likeness (QED) is 0.522. The molecule has 0 saturated heterocycles. The van der Waals surface area contributed by atoms with Crippen LogP contribution >= 0.6 is 0 Å². The summed E-state index contributed by atoms with van der Waals surface area (Å²) in [5.74, 6) is 1.57. The summed E-state index contributed by atoms with van der Waals surface area (Å²) < 4.78 is 13.5. The van der Waals surface area contributed by atoms with Crippen molar-refractivity contribution in [3.63, 3.8) is 0 Å². The SMILES string of the molecule is CC(C)(C)[C@@H]1C[C@@H]2[C@H](C1)C2(C)F. The van der Waals surface area contributed by atoms with Gasteiger partial charge in [0.05, 0.1) is 0 Å². The van der Waals surface area contributed by atoms with E-state index < -0.39 is 5.67 Å². The van der Waals surface area contributed by atoms with Crippen molar-refractivity contribution in [2.24, 2.45) is 23.2 Å². The summed E-state index contributed by atoms with van der Waals surface area (Å²) in [7, 11) is 0. The van der Waals surface area contributed by atoms with E-state index in [2.05, 4.69) is 20.8 Å². The topological polar surface area (TPSA) is 0 Å². The molecule has 70 valence electrons. The van der Waals surface area contributed by atoms with Crippen LogP contribution in [0.4, 0.5) is 4.39 Å². The van der Waals surface area contributed by atoms with Crippen LogP contribution in [-0.4, -0.2) is 5.67 Å². The maximum absolute atomic E-state index is 13.5. The molecule has 1 heteroatoms. The van der Waals surface area contributed by atoms with Gasteiger partial charge >= 0.3 is 0 Å². The molecule has 0 N–H and O–H groups in total. The van der Waals surface area contributed by atoms with Gasteiger partial charge in [-0.3, -0.25) is 0 Å². The molecule has 2 fully saturated rings. The monoisotopic (exact) mass is 170 g/mol. The average molecular weight is 170 g/mol. The van der Waals surface area contributed by atoms with E-state index >= 15 is 0 Å². The van der Waals surface area contributed by atoms with Crippen LogP contribution in [0.2, 0.25) is 0 Å². The smallest absolute Gasteiger partial charge is 0.114 e. The van der Waals surface area contributed by atoms with Gasteiger partial charge in [-0.25, -0.2) is 4.39 Å². The standard InChI is InChI=1S/C11H19F/c1-10(2,3)7-5-8-9(6-7)11(8,4)12/h7-9H,5-6H2,1-4H3/t7-,8-,9+,11?. The lowest BCUT2D eigenvalue weighted by atomic mass is 9.77. The molecular formula is C11H19F. The first kappa shape index (κ1) is 8.52. The summed E-state index contributed by atoms with van der Waals surface area (Å²) in [5.41, 5.74) is -0.398. The molecule has 1 unspecified atom stereocenters.